The zero-order valence-electron chi connectivity index (χ0n) is 14.2. The van der Waals surface area contributed by atoms with Crippen LogP contribution in [0, 0.1) is 0 Å². The van der Waals surface area contributed by atoms with Crippen molar-refractivity contribution in [3.8, 4) is 17.0 Å². The van der Waals surface area contributed by atoms with Gasteiger partial charge >= 0.3 is 0 Å². The van der Waals surface area contributed by atoms with E-state index in [2.05, 4.69) is 21.4 Å². The average molecular weight is 363 g/mol. The number of H-pyrrole nitrogens is 1. The molecular weight excluding hydrogens is 346 g/mol. The van der Waals surface area contributed by atoms with Crippen molar-refractivity contribution in [1.82, 2.24) is 9.97 Å². The molecule has 0 aliphatic rings. The predicted molar refractivity (Wildman–Crippen MR) is 105 cm³/mol. The summed E-state index contributed by atoms with van der Waals surface area (Å²) in [5.41, 5.74) is 3.89. The summed E-state index contributed by atoms with van der Waals surface area (Å²) >= 11 is 1.42. The Hall–Kier alpha value is -3.12. The highest BCUT2D eigenvalue weighted by molar-refractivity contribution is 7.14. The van der Waals surface area contributed by atoms with E-state index in [4.69, 9.17) is 4.74 Å². The van der Waals surface area contributed by atoms with Crippen molar-refractivity contribution >= 4 is 33.3 Å². The lowest BCUT2D eigenvalue weighted by atomic mass is 10.1. The Morgan fingerprint density at radius 3 is 2.81 bits per heavy atom. The monoisotopic (exact) mass is 363 g/mol. The molecule has 0 radical (unpaired) electrons. The van der Waals surface area contributed by atoms with E-state index in [0.29, 0.717) is 11.6 Å². The molecule has 0 unspecified atom stereocenters. The van der Waals surface area contributed by atoms with Gasteiger partial charge in [0.25, 0.3) is 0 Å². The number of benzene rings is 2. The molecule has 0 aliphatic heterocycles. The van der Waals surface area contributed by atoms with E-state index < -0.39 is 0 Å². The van der Waals surface area contributed by atoms with Gasteiger partial charge in [-0.2, -0.15) is 0 Å². The fraction of sp³-hybridized carbons (Fsp3) is 0.100. The van der Waals surface area contributed by atoms with E-state index in [0.717, 1.165) is 33.5 Å². The van der Waals surface area contributed by atoms with Gasteiger partial charge in [0, 0.05) is 28.0 Å². The number of fused-ring (bicyclic) bond motifs is 1. The van der Waals surface area contributed by atoms with E-state index >= 15 is 0 Å². The number of aromatic nitrogens is 2. The summed E-state index contributed by atoms with van der Waals surface area (Å²) in [4.78, 5) is 20.1. The number of carbonyl (C=O) groups excluding carboxylic acids is 1. The van der Waals surface area contributed by atoms with Crippen LogP contribution in [0.4, 0.5) is 5.13 Å². The highest BCUT2D eigenvalue weighted by atomic mass is 32.1. The van der Waals surface area contributed by atoms with Crippen molar-refractivity contribution in [2.45, 2.75) is 6.42 Å². The van der Waals surface area contributed by atoms with E-state index in [1.165, 1.54) is 11.3 Å². The fourth-order valence-corrected chi connectivity index (χ4v) is 3.56. The molecule has 26 heavy (non-hydrogen) atoms. The minimum atomic E-state index is -0.0880. The Morgan fingerprint density at radius 2 is 2.00 bits per heavy atom. The second-order valence-electron chi connectivity index (χ2n) is 5.86. The molecule has 2 aromatic carbocycles. The maximum absolute atomic E-state index is 12.3. The van der Waals surface area contributed by atoms with Gasteiger partial charge in [0.15, 0.2) is 5.13 Å². The third-order valence-corrected chi connectivity index (χ3v) is 4.90. The topological polar surface area (TPSA) is 67.0 Å². The predicted octanol–water partition coefficient (Wildman–Crippen LogP) is 4.48. The first kappa shape index (κ1) is 16.4. The molecule has 0 saturated carbocycles. The fourth-order valence-electron chi connectivity index (χ4n) is 2.83. The Kier molecular flexibility index (Phi) is 4.41. The van der Waals surface area contributed by atoms with Crippen LogP contribution in [0.15, 0.2) is 60.1 Å². The third-order valence-electron chi connectivity index (χ3n) is 4.14. The molecule has 5 nitrogen and oxygen atoms in total. The largest absolute Gasteiger partial charge is 0.497 e. The molecule has 2 aromatic heterocycles. The van der Waals surface area contributed by atoms with Crippen molar-refractivity contribution in [2.75, 3.05) is 12.4 Å². The number of anilines is 1. The third kappa shape index (κ3) is 3.32. The lowest BCUT2D eigenvalue weighted by molar-refractivity contribution is -0.115. The molecular formula is C20H17N3O2S. The molecule has 4 aromatic rings. The van der Waals surface area contributed by atoms with E-state index in [1.54, 1.807) is 7.11 Å². The summed E-state index contributed by atoms with van der Waals surface area (Å²) in [6.45, 7) is 0. The van der Waals surface area contributed by atoms with Gasteiger partial charge in [-0.15, -0.1) is 11.3 Å². The number of nitrogens with zero attached hydrogens (tertiary/aromatic N) is 1. The molecule has 0 fully saturated rings. The van der Waals surface area contributed by atoms with Crippen LogP contribution in [0.25, 0.3) is 22.2 Å². The SMILES string of the molecule is COc1ccc(CC(=O)Nc2nc(-c3c[nH]c4ccccc34)cs2)cc1. The lowest BCUT2D eigenvalue weighted by Crippen LogP contribution is -2.14. The summed E-state index contributed by atoms with van der Waals surface area (Å²) in [6, 6.07) is 15.6. The maximum Gasteiger partial charge on any atom is 0.230 e. The number of hydrogen-bond donors (Lipinski definition) is 2. The Morgan fingerprint density at radius 1 is 1.19 bits per heavy atom. The molecule has 0 spiro atoms. The number of rotatable bonds is 5. The van der Waals surface area contributed by atoms with Crippen molar-refractivity contribution in [3.63, 3.8) is 0 Å². The van der Waals surface area contributed by atoms with Gasteiger partial charge < -0.3 is 15.0 Å². The first-order chi connectivity index (χ1) is 12.7. The second-order valence-corrected chi connectivity index (χ2v) is 6.72. The van der Waals surface area contributed by atoms with Gasteiger partial charge in [-0.05, 0) is 23.8 Å². The number of hydrogen-bond acceptors (Lipinski definition) is 4. The molecule has 2 heterocycles. The van der Waals surface area contributed by atoms with Crippen molar-refractivity contribution in [3.05, 3.63) is 65.7 Å². The molecule has 130 valence electrons. The molecule has 0 atom stereocenters. The van der Waals surface area contributed by atoms with Crippen LogP contribution < -0.4 is 10.1 Å². The van der Waals surface area contributed by atoms with Crippen LogP contribution in [0.2, 0.25) is 0 Å². The molecule has 0 bridgehead atoms. The summed E-state index contributed by atoms with van der Waals surface area (Å²) < 4.78 is 5.13. The van der Waals surface area contributed by atoms with Gasteiger partial charge in [-0.3, -0.25) is 4.79 Å². The standard InChI is InChI=1S/C20H17N3O2S/c1-25-14-8-6-13(7-9-14)10-19(24)23-20-22-18(12-26-20)16-11-21-17-5-3-2-4-15(16)17/h2-9,11-12,21H,10H2,1H3,(H,22,23,24). The van der Waals surface area contributed by atoms with Gasteiger partial charge in [-0.1, -0.05) is 30.3 Å². The number of carbonyl (C=O) groups is 1. The van der Waals surface area contributed by atoms with Crippen molar-refractivity contribution in [1.29, 1.82) is 0 Å². The molecule has 0 aliphatic carbocycles. The first-order valence-corrected chi connectivity index (χ1v) is 9.06. The van der Waals surface area contributed by atoms with Crippen LogP contribution in [-0.4, -0.2) is 23.0 Å². The maximum atomic E-state index is 12.3. The molecule has 4 rings (SSSR count). The number of methoxy groups -OCH3 is 1. The Balaban J connectivity index is 1.47. The molecule has 1 amide bonds. The van der Waals surface area contributed by atoms with Gasteiger partial charge in [0.1, 0.15) is 5.75 Å². The van der Waals surface area contributed by atoms with Gasteiger partial charge in [0.05, 0.1) is 19.2 Å². The summed E-state index contributed by atoms with van der Waals surface area (Å²) in [6.07, 6.45) is 2.24. The summed E-state index contributed by atoms with van der Waals surface area (Å²) in [5, 5.41) is 6.55. The van der Waals surface area contributed by atoms with Crippen LogP contribution >= 0.6 is 11.3 Å². The minimum absolute atomic E-state index is 0.0880. The van der Waals surface area contributed by atoms with Crippen LogP contribution in [0.1, 0.15) is 5.56 Å². The quantitative estimate of drug-likeness (QED) is 0.549. The number of aromatic amines is 1. The Bertz CT molecular complexity index is 1050. The lowest BCUT2D eigenvalue weighted by Gasteiger charge is -2.03. The van der Waals surface area contributed by atoms with E-state index in [9.17, 15) is 4.79 Å². The van der Waals surface area contributed by atoms with Crippen molar-refractivity contribution < 1.29 is 9.53 Å². The van der Waals surface area contributed by atoms with Crippen molar-refractivity contribution in [2.24, 2.45) is 0 Å². The minimum Gasteiger partial charge on any atom is -0.497 e. The highest BCUT2D eigenvalue weighted by Gasteiger charge is 2.12. The zero-order chi connectivity index (χ0) is 17.9. The van der Waals surface area contributed by atoms with E-state index in [-0.39, 0.29) is 5.91 Å². The average Bonchev–Trinajstić information content (AvgIpc) is 3.29. The second kappa shape index (κ2) is 7.01. The molecule has 6 heteroatoms. The number of thiazole rings is 1. The smallest absolute Gasteiger partial charge is 0.230 e. The van der Waals surface area contributed by atoms with Gasteiger partial charge in [0.2, 0.25) is 5.91 Å². The number of amides is 1. The number of nitrogens with one attached hydrogen (secondary N) is 2. The van der Waals surface area contributed by atoms with E-state index in [1.807, 2.05) is 54.0 Å². The number of ether oxygens (including phenoxy) is 1. The Labute approximate surface area is 154 Å². The zero-order valence-corrected chi connectivity index (χ0v) is 15.0. The summed E-state index contributed by atoms with van der Waals surface area (Å²) in [5.74, 6) is 0.687. The molecule has 0 saturated heterocycles. The van der Waals surface area contributed by atoms with Gasteiger partial charge in [-0.25, -0.2) is 4.98 Å². The highest BCUT2D eigenvalue weighted by Crippen LogP contribution is 2.30. The normalized spacial score (nSPS) is 10.8. The summed E-state index contributed by atoms with van der Waals surface area (Å²) in [7, 11) is 1.62. The first-order valence-electron chi connectivity index (χ1n) is 8.18. The van der Waals surface area contributed by atoms with Crippen LogP contribution in [-0.2, 0) is 11.2 Å². The molecule has 2 N–H and O–H groups in total. The van der Waals surface area contributed by atoms with Crippen LogP contribution in [0.5, 0.6) is 5.75 Å². The van der Waals surface area contributed by atoms with Crippen LogP contribution in [0.3, 0.4) is 0 Å². The number of para-hydroxylation sites is 1.